The lowest BCUT2D eigenvalue weighted by molar-refractivity contribution is 0.829. The van der Waals surface area contributed by atoms with Gasteiger partial charge in [-0.2, -0.15) is 0 Å². The molecule has 70 valence electrons. The van der Waals surface area contributed by atoms with Crippen LogP contribution in [0.15, 0.2) is 22.7 Å². The Hall–Kier alpha value is -0.210. The first-order valence-corrected chi connectivity index (χ1v) is 5.49. The third-order valence-corrected chi connectivity index (χ3v) is 3.17. The molecular formula is C10H11BrClN. The molecule has 1 aliphatic carbocycles. The Labute approximate surface area is 91.6 Å². The number of rotatable bonds is 2. The second-order valence-corrected chi connectivity index (χ2v) is 5.13. The second-order valence-electron chi connectivity index (χ2n) is 3.81. The van der Waals surface area contributed by atoms with Gasteiger partial charge in [0.15, 0.2) is 0 Å². The molecule has 1 saturated carbocycles. The molecular weight excluding hydrogens is 249 g/mol. The third kappa shape index (κ3) is 2.18. The maximum absolute atomic E-state index is 6.07. The van der Waals surface area contributed by atoms with Crippen LogP contribution in [-0.4, -0.2) is 5.54 Å². The van der Waals surface area contributed by atoms with Gasteiger partial charge in [0.05, 0.1) is 10.7 Å². The summed E-state index contributed by atoms with van der Waals surface area (Å²) in [6, 6.07) is 5.92. The lowest BCUT2D eigenvalue weighted by atomic mass is 10.2. The van der Waals surface area contributed by atoms with E-state index in [2.05, 4.69) is 28.2 Å². The first kappa shape index (κ1) is 9.35. The predicted molar refractivity (Wildman–Crippen MR) is 60.4 cm³/mol. The van der Waals surface area contributed by atoms with Gasteiger partial charge in [0.2, 0.25) is 0 Å². The summed E-state index contributed by atoms with van der Waals surface area (Å²) >= 11 is 9.45. The number of hydrogen-bond donors (Lipinski definition) is 1. The van der Waals surface area contributed by atoms with Gasteiger partial charge >= 0.3 is 0 Å². The molecule has 0 bridgehead atoms. The highest BCUT2D eigenvalue weighted by Crippen LogP contribution is 2.40. The van der Waals surface area contributed by atoms with Gasteiger partial charge in [-0.1, -0.05) is 27.5 Å². The SMILES string of the molecule is CC1(Nc2ccc(Br)cc2Cl)CC1. The van der Waals surface area contributed by atoms with E-state index in [1.54, 1.807) is 0 Å². The van der Waals surface area contributed by atoms with Crippen molar-refractivity contribution >= 4 is 33.2 Å². The Morgan fingerprint density at radius 3 is 2.69 bits per heavy atom. The number of nitrogens with one attached hydrogen (secondary N) is 1. The van der Waals surface area contributed by atoms with Gasteiger partial charge in [0.1, 0.15) is 0 Å². The standard InChI is InChI=1S/C10H11BrClN/c1-10(4-5-10)13-9-3-2-7(11)6-8(9)12/h2-3,6,13H,4-5H2,1H3. The van der Waals surface area contributed by atoms with E-state index >= 15 is 0 Å². The lowest BCUT2D eigenvalue weighted by Gasteiger charge is -2.14. The molecule has 1 N–H and O–H groups in total. The van der Waals surface area contributed by atoms with E-state index < -0.39 is 0 Å². The minimum Gasteiger partial charge on any atom is -0.379 e. The van der Waals surface area contributed by atoms with Crippen molar-refractivity contribution < 1.29 is 0 Å². The van der Waals surface area contributed by atoms with Crippen LogP contribution >= 0.6 is 27.5 Å². The van der Waals surface area contributed by atoms with Crippen molar-refractivity contribution in [1.82, 2.24) is 0 Å². The molecule has 2 rings (SSSR count). The van der Waals surface area contributed by atoms with Crippen molar-refractivity contribution in [3.05, 3.63) is 27.7 Å². The van der Waals surface area contributed by atoms with Crippen LogP contribution in [0.3, 0.4) is 0 Å². The fourth-order valence-electron chi connectivity index (χ4n) is 1.23. The Balaban J connectivity index is 2.20. The minimum absolute atomic E-state index is 0.289. The summed E-state index contributed by atoms with van der Waals surface area (Å²) in [6.07, 6.45) is 2.47. The van der Waals surface area contributed by atoms with Crippen LogP contribution in [0.25, 0.3) is 0 Å². The van der Waals surface area contributed by atoms with Gasteiger partial charge in [0, 0.05) is 10.0 Å². The van der Waals surface area contributed by atoms with Gasteiger partial charge in [0.25, 0.3) is 0 Å². The highest BCUT2D eigenvalue weighted by molar-refractivity contribution is 9.10. The van der Waals surface area contributed by atoms with Crippen LogP contribution < -0.4 is 5.32 Å². The van der Waals surface area contributed by atoms with Crippen LogP contribution in [0.1, 0.15) is 19.8 Å². The number of benzene rings is 1. The number of anilines is 1. The summed E-state index contributed by atoms with van der Waals surface area (Å²) in [5.41, 5.74) is 1.32. The molecule has 0 radical (unpaired) electrons. The van der Waals surface area contributed by atoms with Crippen molar-refractivity contribution in [2.75, 3.05) is 5.32 Å². The molecule has 1 aromatic carbocycles. The van der Waals surface area contributed by atoms with E-state index in [9.17, 15) is 0 Å². The molecule has 1 fully saturated rings. The first-order valence-electron chi connectivity index (χ1n) is 4.32. The summed E-state index contributed by atoms with van der Waals surface area (Å²) < 4.78 is 1.02. The van der Waals surface area contributed by atoms with Crippen LogP contribution in [0.4, 0.5) is 5.69 Å². The van der Waals surface area contributed by atoms with Crippen molar-refractivity contribution in [2.45, 2.75) is 25.3 Å². The normalized spacial score (nSPS) is 18.4. The summed E-state index contributed by atoms with van der Waals surface area (Å²) in [7, 11) is 0. The largest absolute Gasteiger partial charge is 0.379 e. The first-order chi connectivity index (χ1) is 6.09. The molecule has 0 unspecified atom stereocenters. The fourth-order valence-corrected chi connectivity index (χ4v) is 1.95. The molecule has 3 heteroatoms. The van der Waals surface area contributed by atoms with E-state index in [0.29, 0.717) is 0 Å². The van der Waals surface area contributed by atoms with E-state index in [1.807, 2.05) is 18.2 Å². The highest BCUT2D eigenvalue weighted by atomic mass is 79.9. The zero-order valence-electron chi connectivity index (χ0n) is 7.40. The Kier molecular flexibility index (Phi) is 2.28. The van der Waals surface area contributed by atoms with E-state index in [1.165, 1.54) is 12.8 Å². The zero-order valence-corrected chi connectivity index (χ0v) is 9.74. The molecule has 1 aliphatic rings. The summed E-state index contributed by atoms with van der Waals surface area (Å²) in [5.74, 6) is 0. The van der Waals surface area contributed by atoms with Crippen LogP contribution in [0.2, 0.25) is 5.02 Å². The van der Waals surface area contributed by atoms with Crippen LogP contribution in [0, 0.1) is 0 Å². The number of hydrogen-bond acceptors (Lipinski definition) is 1. The van der Waals surface area contributed by atoms with Gasteiger partial charge < -0.3 is 5.32 Å². The Morgan fingerprint density at radius 2 is 2.15 bits per heavy atom. The maximum atomic E-state index is 6.07. The highest BCUT2D eigenvalue weighted by Gasteiger charge is 2.37. The lowest BCUT2D eigenvalue weighted by Crippen LogP contribution is -2.15. The van der Waals surface area contributed by atoms with Crippen molar-refractivity contribution in [1.29, 1.82) is 0 Å². The average Bonchev–Trinajstić information content (AvgIpc) is 2.75. The fraction of sp³-hybridized carbons (Fsp3) is 0.400. The van der Waals surface area contributed by atoms with E-state index in [0.717, 1.165) is 15.2 Å². The maximum Gasteiger partial charge on any atom is 0.0648 e. The molecule has 0 aliphatic heterocycles. The van der Waals surface area contributed by atoms with Gasteiger partial charge in [-0.05, 0) is 38.0 Å². The van der Waals surface area contributed by atoms with Gasteiger partial charge in [-0.3, -0.25) is 0 Å². The second kappa shape index (κ2) is 3.18. The van der Waals surface area contributed by atoms with Crippen LogP contribution in [0.5, 0.6) is 0 Å². The minimum atomic E-state index is 0.289. The Bertz CT molecular complexity index is 334. The molecule has 0 saturated heterocycles. The summed E-state index contributed by atoms with van der Waals surface area (Å²) in [4.78, 5) is 0. The molecule has 0 atom stereocenters. The summed E-state index contributed by atoms with van der Waals surface area (Å²) in [5, 5.41) is 4.22. The zero-order chi connectivity index (χ0) is 9.47. The quantitative estimate of drug-likeness (QED) is 0.845. The van der Waals surface area contributed by atoms with Crippen molar-refractivity contribution in [3.8, 4) is 0 Å². The topological polar surface area (TPSA) is 12.0 Å². The van der Waals surface area contributed by atoms with Crippen LogP contribution in [-0.2, 0) is 0 Å². The molecule has 0 aromatic heterocycles. The summed E-state index contributed by atoms with van der Waals surface area (Å²) in [6.45, 7) is 2.21. The number of halogens is 2. The molecule has 13 heavy (non-hydrogen) atoms. The Morgan fingerprint density at radius 1 is 1.46 bits per heavy atom. The van der Waals surface area contributed by atoms with Gasteiger partial charge in [-0.15, -0.1) is 0 Å². The van der Waals surface area contributed by atoms with Crippen molar-refractivity contribution in [2.24, 2.45) is 0 Å². The molecule has 0 amide bonds. The van der Waals surface area contributed by atoms with E-state index in [-0.39, 0.29) is 5.54 Å². The molecule has 1 nitrogen and oxygen atoms in total. The molecule has 1 aromatic rings. The van der Waals surface area contributed by atoms with Gasteiger partial charge in [-0.25, -0.2) is 0 Å². The smallest absolute Gasteiger partial charge is 0.0648 e. The monoisotopic (exact) mass is 259 g/mol. The molecule has 0 heterocycles. The third-order valence-electron chi connectivity index (χ3n) is 2.37. The van der Waals surface area contributed by atoms with E-state index in [4.69, 9.17) is 11.6 Å². The van der Waals surface area contributed by atoms with Crippen molar-refractivity contribution in [3.63, 3.8) is 0 Å². The predicted octanol–water partition coefficient (Wildman–Crippen LogP) is 4.07. The molecule has 0 spiro atoms. The average molecular weight is 261 g/mol.